The maximum Gasteiger partial charge on any atom is 0.341 e. The second kappa shape index (κ2) is 6.08. The van der Waals surface area contributed by atoms with Crippen molar-refractivity contribution in [3.05, 3.63) is 47.9 Å². The molecular formula is C17H17N3O3. The van der Waals surface area contributed by atoms with Crippen LogP contribution in [0.4, 0.5) is 0 Å². The van der Waals surface area contributed by atoms with E-state index in [0.29, 0.717) is 23.5 Å². The molecule has 6 heteroatoms. The van der Waals surface area contributed by atoms with Crippen molar-refractivity contribution >= 4 is 11.6 Å². The Hall–Kier alpha value is -2.89. The molecule has 0 fully saturated rings. The molecule has 0 bridgehead atoms. The van der Waals surface area contributed by atoms with Gasteiger partial charge < -0.3 is 9.47 Å². The lowest BCUT2D eigenvalue weighted by molar-refractivity contribution is 0.0524. The molecule has 3 rings (SSSR count). The Labute approximate surface area is 133 Å². The van der Waals surface area contributed by atoms with Crippen LogP contribution in [-0.2, 0) is 4.74 Å². The van der Waals surface area contributed by atoms with Crippen molar-refractivity contribution in [3.63, 3.8) is 0 Å². The van der Waals surface area contributed by atoms with Crippen LogP contribution in [0.1, 0.15) is 23.0 Å². The fourth-order valence-electron chi connectivity index (χ4n) is 2.45. The van der Waals surface area contributed by atoms with Crippen LogP contribution in [0, 0.1) is 6.92 Å². The van der Waals surface area contributed by atoms with E-state index >= 15 is 0 Å². The number of hydrogen-bond donors (Lipinski definition) is 0. The van der Waals surface area contributed by atoms with Gasteiger partial charge in [0, 0.05) is 11.8 Å². The van der Waals surface area contributed by atoms with Crippen molar-refractivity contribution in [2.75, 3.05) is 13.7 Å². The van der Waals surface area contributed by atoms with Gasteiger partial charge in [-0.25, -0.2) is 14.3 Å². The molecule has 0 saturated carbocycles. The molecule has 6 nitrogen and oxygen atoms in total. The van der Waals surface area contributed by atoms with Gasteiger partial charge in [-0.1, -0.05) is 12.1 Å². The average molecular weight is 311 g/mol. The molecule has 0 N–H and O–H groups in total. The third-order valence-electron chi connectivity index (χ3n) is 3.64. The molecule has 2 aromatic heterocycles. The van der Waals surface area contributed by atoms with Gasteiger partial charge in [-0.15, -0.1) is 0 Å². The van der Waals surface area contributed by atoms with Crippen molar-refractivity contribution in [2.45, 2.75) is 13.8 Å². The van der Waals surface area contributed by atoms with E-state index in [9.17, 15) is 4.79 Å². The second-order valence-electron chi connectivity index (χ2n) is 5.00. The number of hydrogen-bond acceptors (Lipinski definition) is 5. The summed E-state index contributed by atoms with van der Waals surface area (Å²) in [5, 5.41) is 4.36. The minimum absolute atomic E-state index is 0.324. The van der Waals surface area contributed by atoms with E-state index in [1.165, 1.54) is 6.20 Å². The number of carbonyl (C=O) groups excluding carboxylic acids is 1. The lowest BCUT2D eigenvalue weighted by atomic mass is 10.1. The van der Waals surface area contributed by atoms with E-state index in [-0.39, 0.29) is 0 Å². The smallest absolute Gasteiger partial charge is 0.341 e. The van der Waals surface area contributed by atoms with Crippen molar-refractivity contribution < 1.29 is 14.3 Å². The average Bonchev–Trinajstić information content (AvgIpc) is 3.00. The Kier molecular flexibility index (Phi) is 3.97. The van der Waals surface area contributed by atoms with Crippen molar-refractivity contribution in [2.24, 2.45) is 0 Å². The lowest BCUT2D eigenvalue weighted by Gasteiger charge is -2.07. The third kappa shape index (κ3) is 2.63. The first-order valence-electron chi connectivity index (χ1n) is 7.30. The summed E-state index contributed by atoms with van der Waals surface area (Å²) in [5.74, 6) is 0.375. The van der Waals surface area contributed by atoms with Crippen molar-refractivity contribution in [1.29, 1.82) is 0 Å². The molecular weight excluding hydrogens is 294 g/mol. The number of nitrogens with zero attached hydrogens (tertiary/aromatic N) is 3. The van der Waals surface area contributed by atoms with Crippen LogP contribution in [0.2, 0.25) is 0 Å². The number of esters is 1. The van der Waals surface area contributed by atoms with Crippen LogP contribution in [0.15, 0.2) is 36.7 Å². The zero-order valence-corrected chi connectivity index (χ0v) is 13.2. The maximum absolute atomic E-state index is 11.9. The summed E-state index contributed by atoms with van der Waals surface area (Å²) in [6, 6.07) is 7.69. The van der Waals surface area contributed by atoms with E-state index in [1.54, 1.807) is 24.7 Å². The van der Waals surface area contributed by atoms with Gasteiger partial charge in [0.25, 0.3) is 0 Å². The highest BCUT2D eigenvalue weighted by atomic mass is 16.5. The normalized spacial score (nSPS) is 10.7. The van der Waals surface area contributed by atoms with Gasteiger partial charge in [-0.3, -0.25) is 0 Å². The number of ether oxygens (including phenoxy) is 2. The van der Waals surface area contributed by atoms with Crippen LogP contribution < -0.4 is 4.74 Å². The van der Waals surface area contributed by atoms with E-state index in [2.05, 4.69) is 10.1 Å². The van der Waals surface area contributed by atoms with Crippen molar-refractivity contribution in [1.82, 2.24) is 14.6 Å². The summed E-state index contributed by atoms with van der Waals surface area (Å²) in [6.07, 6.45) is 3.27. The molecule has 0 saturated heterocycles. The number of benzene rings is 1. The van der Waals surface area contributed by atoms with E-state index in [0.717, 1.165) is 16.9 Å². The molecule has 3 aromatic rings. The van der Waals surface area contributed by atoms with Crippen LogP contribution in [0.5, 0.6) is 5.75 Å². The quantitative estimate of drug-likeness (QED) is 0.693. The minimum Gasteiger partial charge on any atom is -0.497 e. The Bertz CT molecular complexity index is 871. The number of carbonyl (C=O) groups is 1. The van der Waals surface area contributed by atoms with Crippen LogP contribution >= 0.6 is 0 Å². The number of fused-ring (bicyclic) bond motifs is 1. The summed E-state index contributed by atoms with van der Waals surface area (Å²) in [6.45, 7) is 3.92. The Morgan fingerprint density at radius 2 is 2.13 bits per heavy atom. The highest BCUT2D eigenvalue weighted by Crippen LogP contribution is 2.27. The van der Waals surface area contributed by atoms with Gasteiger partial charge in [-0.2, -0.15) is 5.10 Å². The van der Waals surface area contributed by atoms with Gasteiger partial charge in [0.1, 0.15) is 5.75 Å². The number of rotatable bonds is 4. The number of aromatic nitrogens is 3. The van der Waals surface area contributed by atoms with E-state index in [1.807, 2.05) is 31.2 Å². The monoisotopic (exact) mass is 311 g/mol. The SMILES string of the molecule is CCOC(=O)c1cnc2c(-c3cccc(OC)c3)cnn2c1C. The van der Waals surface area contributed by atoms with Crippen LogP contribution in [0.25, 0.3) is 16.8 Å². The first-order chi connectivity index (χ1) is 11.2. The van der Waals surface area contributed by atoms with Crippen molar-refractivity contribution in [3.8, 4) is 16.9 Å². The molecule has 1 aromatic carbocycles. The summed E-state index contributed by atoms with van der Waals surface area (Å²) in [4.78, 5) is 16.3. The zero-order chi connectivity index (χ0) is 16.4. The Morgan fingerprint density at radius 3 is 2.87 bits per heavy atom. The summed E-state index contributed by atoms with van der Waals surface area (Å²) < 4.78 is 12.0. The molecule has 0 atom stereocenters. The molecule has 0 aliphatic heterocycles. The molecule has 0 unspecified atom stereocenters. The maximum atomic E-state index is 11.9. The van der Waals surface area contributed by atoms with E-state index in [4.69, 9.17) is 9.47 Å². The Balaban J connectivity index is 2.11. The van der Waals surface area contributed by atoms with Gasteiger partial charge in [-0.05, 0) is 31.5 Å². The first-order valence-corrected chi connectivity index (χ1v) is 7.30. The second-order valence-corrected chi connectivity index (χ2v) is 5.00. The largest absolute Gasteiger partial charge is 0.497 e. The highest BCUT2D eigenvalue weighted by molar-refractivity contribution is 5.91. The van der Waals surface area contributed by atoms with Gasteiger partial charge >= 0.3 is 5.97 Å². The molecule has 0 amide bonds. The molecule has 0 aliphatic carbocycles. The topological polar surface area (TPSA) is 65.7 Å². The number of aryl methyl sites for hydroxylation is 1. The molecule has 0 spiro atoms. The third-order valence-corrected chi connectivity index (χ3v) is 3.64. The van der Waals surface area contributed by atoms with Crippen LogP contribution in [0.3, 0.4) is 0 Å². The number of methoxy groups -OCH3 is 1. The standard InChI is InChI=1S/C17H17N3O3/c1-4-23-17(21)14-9-18-16-15(10-19-20(16)11(14)2)12-6-5-7-13(8-12)22-3/h5-10H,4H2,1-3H3. The fraction of sp³-hybridized carbons (Fsp3) is 0.235. The highest BCUT2D eigenvalue weighted by Gasteiger charge is 2.17. The predicted octanol–water partition coefficient (Wildman–Crippen LogP) is 2.89. The Morgan fingerprint density at radius 1 is 1.30 bits per heavy atom. The van der Waals surface area contributed by atoms with Gasteiger partial charge in [0.15, 0.2) is 5.65 Å². The minimum atomic E-state index is -0.391. The molecule has 23 heavy (non-hydrogen) atoms. The van der Waals surface area contributed by atoms with Gasteiger partial charge in [0.2, 0.25) is 0 Å². The van der Waals surface area contributed by atoms with Crippen LogP contribution in [-0.4, -0.2) is 34.3 Å². The first kappa shape index (κ1) is 15.0. The fourth-order valence-corrected chi connectivity index (χ4v) is 2.45. The molecule has 2 heterocycles. The summed E-state index contributed by atoms with van der Waals surface area (Å²) >= 11 is 0. The molecule has 0 aliphatic rings. The molecule has 118 valence electrons. The van der Waals surface area contributed by atoms with E-state index < -0.39 is 5.97 Å². The molecule has 0 radical (unpaired) electrons. The van der Waals surface area contributed by atoms with Gasteiger partial charge in [0.05, 0.1) is 31.2 Å². The zero-order valence-electron chi connectivity index (χ0n) is 13.2. The summed E-state index contributed by atoms with van der Waals surface area (Å²) in [5.41, 5.74) is 3.63. The predicted molar refractivity (Wildman–Crippen MR) is 85.7 cm³/mol. The summed E-state index contributed by atoms with van der Waals surface area (Å²) in [7, 11) is 1.63. The lowest BCUT2D eigenvalue weighted by Crippen LogP contribution is -2.11.